The van der Waals surface area contributed by atoms with E-state index in [9.17, 15) is 25.2 Å². The third-order valence-corrected chi connectivity index (χ3v) is 12.2. The second-order valence-electron chi connectivity index (χ2n) is 17.9. The highest BCUT2D eigenvalue weighted by Gasteiger charge is 2.28. The number of nitrogens with one attached hydrogen (secondary N) is 1. The molecule has 4 unspecified atom stereocenters. The zero-order valence-electron chi connectivity index (χ0n) is 38.4. The maximum Gasteiger partial charge on any atom is 0.249 e. The monoisotopic (exact) mass is 808 g/mol. The average Bonchev–Trinajstić information content (AvgIpc) is 3.22. The molecule has 0 saturated heterocycles. The molecule has 0 heterocycles. The first kappa shape index (κ1) is 56.0. The zero-order valence-corrected chi connectivity index (χ0v) is 38.4. The topological polar surface area (TPSA) is 110 Å². The van der Waals surface area contributed by atoms with Crippen LogP contribution in [0.3, 0.4) is 0 Å². The van der Waals surface area contributed by atoms with Crippen LogP contribution in [0, 0.1) is 0 Å². The summed E-state index contributed by atoms with van der Waals surface area (Å²) in [6.45, 7) is 4.07. The van der Waals surface area contributed by atoms with Crippen LogP contribution in [0.2, 0.25) is 0 Å². The van der Waals surface area contributed by atoms with Crippen molar-refractivity contribution in [3.05, 3.63) is 12.2 Å². The average molecular weight is 808 g/mol. The fraction of sp³-hybridized carbons (Fsp3) is 0.941. The van der Waals surface area contributed by atoms with Crippen LogP contribution in [0.1, 0.15) is 277 Å². The molecule has 0 aromatic carbocycles. The highest BCUT2D eigenvalue weighted by Crippen LogP contribution is 2.17. The Balaban J connectivity index is 3.60. The maximum absolute atomic E-state index is 12.5. The minimum Gasteiger partial charge on any atom is -0.394 e. The van der Waals surface area contributed by atoms with Gasteiger partial charge in [-0.1, -0.05) is 251 Å². The predicted molar refractivity (Wildman–Crippen MR) is 247 cm³/mol. The Kier molecular flexibility index (Phi) is 45.4. The number of carbonyl (C=O) groups is 1. The summed E-state index contributed by atoms with van der Waals surface area (Å²) in [5, 5.41) is 43.8. The van der Waals surface area contributed by atoms with Crippen LogP contribution < -0.4 is 5.32 Å². The van der Waals surface area contributed by atoms with E-state index in [1.54, 1.807) is 0 Å². The molecule has 0 spiro atoms. The Morgan fingerprint density at radius 2 is 0.702 bits per heavy atom. The minimum absolute atomic E-state index is 0.372. The van der Waals surface area contributed by atoms with E-state index in [0.717, 1.165) is 38.5 Å². The molecule has 6 nitrogen and oxygen atoms in total. The SMILES string of the molecule is CCCCCCCCCCCCCC/C=C\CCCCCCCCCCCCCCC(O)C(=O)NC(CO)C(O)C(O)CCCCCCCCCCCCCCC. The third kappa shape index (κ3) is 40.2. The first-order valence-electron chi connectivity index (χ1n) is 25.6. The number of amides is 1. The van der Waals surface area contributed by atoms with Crippen molar-refractivity contribution in [2.75, 3.05) is 6.61 Å². The van der Waals surface area contributed by atoms with Gasteiger partial charge in [0.15, 0.2) is 0 Å². The zero-order chi connectivity index (χ0) is 41.7. The van der Waals surface area contributed by atoms with Crippen molar-refractivity contribution in [3.63, 3.8) is 0 Å². The molecule has 1 amide bonds. The molecule has 0 bridgehead atoms. The fourth-order valence-corrected chi connectivity index (χ4v) is 8.17. The van der Waals surface area contributed by atoms with Gasteiger partial charge in [-0.25, -0.2) is 0 Å². The van der Waals surface area contributed by atoms with E-state index in [0.29, 0.717) is 12.8 Å². The van der Waals surface area contributed by atoms with E-state index < -0.39 is 36.9 Å². The Labute approximate surface area is 355 Å². The van der Waals surface area contributed by atoms with Gasteiger partial charge in [0, 0.05) is 0 Å². The van der Waals surface area contributed by atoms with Gasteiger partial charge >= 0.3 is 0 Å². The molecule has 340 valence electrons. The van der Waals surface area contributed by atoms with E-state index in [4.69, 9.17) is 0 Å². The Morgan fingerprint density at radius 3 is 1.02 bits per heavy atom. The van der Waals surface area contributed by atoms with Crippen molar-refractivity contribution in [1.29, 1.82) is 0 Å². The quantitative estimate of drug-likeness (QED) is 0.0311. The van der Waals surface area contributed by atoms with Crippen molar-refractivity contribution in [3.8, 4) is 0 Å². The maximum atomic E-state index is 12.5. The number of unbranched alkanes of at least 4 members (excludes halogenated alkanes) is 36. The lowest BCUT2D eigenvalue weighted by Crippen LogP contribution is -2.53. The van der Waals surface area contributed by atoms with Crippen molar-refractivity contribution in [2.45, 2.75) is 301 Å². The summed E-state index contributed by atoms with van der Waals surface area (Å²) in [6, 6.07) is -0.982. The number of hydrogen-bond acceptors (Lipinski definition) is 5. The molecule has 0 saturated carbocycles. The van der Waals surface area contributed by atoms with Gasteiger partial charge < -0.3 is 25.7 Å². The van der Waals surface area contributed by atoms with E-state index in [1.807, 2.05) is 0 Å². The summed E-state index contributed by atoms with van der Waals surface area (Å²) in [5.41, 5.74) is 0. The highest BCUT2D eigenvalue weighted by atomic mass is 16.3. The minimum atomic E-state index is -1.26. The molecule has 57 heavy (non-hydrogen) atoms. The molecule has 0 rings (SSSR count). The Hall–Kier alpha value is -0.950. The van der Waals surface area contributed by atoms with Crippen LogP contribution in [-0.4, -0.2) is 57.3 Å². The largest absolute Gasteiger partial charge is 0.394 e. The summed E-state index contributed by atoms with van der Waals surface area (Å²) in [5.74, 6) is -0.581. The number of aliphatic hydroxyl groups is 4. The van der Waals surface area contributed by atoms with Crippen molar-refractivity contribution in [2.24, 2.45) is 0 Å². The number of allylic oxidation sites excluding steroid dienone is 2. The van der Waals surface area contributed by atoms with Gasteiger partial charge in [-0.3, -0.25) is 4.79 Å². The molecule has 0 aliphatic carbocycles. The van der Waals surface area contributed by atoms with Gasteiger partial charge in [0.1, 0.15) is 12.2 Å². The molecule has 0 fully saturated rings. The second-order valence-corrected chi connectivity index (χ2v) is 17.9. The third-order valence-electron chi connectivity index (χ3n) is 12.2. The lowest BCUT2D eigenvalue weighted by Gasteiger charge is -2.27. The second kappa shape index (κ2) is 46.1. The smallest absolute Gasteiger partial charge is 0.249 e. The molecule has 0 radical (unpaired) electrons. The molecule has 0 aromatic rings. The van der Waals surface area contributed by atoms with E-state index in [1.165, 1.54) is 212 Å². The number of aliphatic hydroxyl groups excluding tert-OH is 4. The van der Waals surface area contributed by atoms with E-state index in [2.05, 4.69) is 31.3 Å². The molecule has 0 aliphatic heterocycles. The van der Waals surface area contributed by atoms with E-state index >= 15 is 0 Å². The van der Waals surface area contributed by atoms with Crippen LogP contribution in [0.4, 0.5) is 0 Å². The van der Waals surface area contributed by atoms with Gasteiger partial charge in [-0.15, -0.1) is 0 Å². The van der Waals surface area contributed by atoms with Crippen molar-refractivity contribution >= 4 is 5.91 Å². The first-order valence-corrected chi connectivity index (χ1v) is 25.6. The summed E-state index contributed by atoms with van der Waals surface area (Å²) in [7, 11) is 0. The first-order chi connectivity index (χ1) is 28.0. The summed E-state index contributed by atoms with van der Waals surface area (Å²) < 4.78 is 0. The summed E-state index contributed by atoms with van der Waals surface area (Å²) >= 11 is 0. The predicted octanol–water partition coefficient (Wildman–Crippen LogP) is 14.1. The van der Waals surface area contributed by atoms with E-state index in [-0.39, 0.29) is 0 Å². The number of rotatable bonds is 47. The van der Waals surface area contributed by atoms with Crippen LogP contribution >= 0.6 is 0 Å². The molecule has 4 atom stereocenters. The molecule has 5 N–H and O–H groups in total. The molecule has 6 heteroatoms. The summed E-state index contributed by atoms with van der Waals surface area (Å²) in [4.78, 5) is 12.5. The standard InChI is InChI=1S/C51H101NO5/c1-3-5-7-9-11-13-15-17-18-19-20-21-22-23-24-25-26-27-28-29-30-31-33-35-37-39-41-43-45-49(55)51(57)52-47(46-53)50(56)48(54)44-42-40-38-36-34-32-16-14-12-10-8-6-4-2/h23-24,47-50,53-56H,3-22,25-46H2,1-2H3,(H,52,57)/b24-23-. The molecule has 0 aromatic heterocycles. The molecular formula is C51H101NO5. The number of carbonyl (C=O) groups excluding carboxylic acids is 1. The van der Waals surface area contributed by atoms with Crippen molar-refractivity contribution in [1.82, 2.24) is 5.32 Å². The Morgan fingerprint density at radius 1 is 0.421 bits per heavy atom. The number of hydrogen-bond donors (Lipinski definition) is 5. The summed E-state index contributed by atoms with van der Waals surface area (Å²) in [6.07, 6.45) is 52.7. The molecular weight excluding hydrogens is 707 g/mol. The van der Waals surface area contributed by atoms with Gasteiger partial charge in [-0.05, 0) is 38.5 Å². The lowest BCUT2D eigenvalue weighted by atomic mass is 9.99. The van der Waals surface area contributed by atoms with Gasteiger partial charge in [0.2, 0.25) is 5.91 Å². The Bertz CT molecular complexity index is 821. The molecule has 0 aliphatic rings. The fourth-order valence-electron chi connectivity index (χ4n) is 8.17. The van der Waals surface area contributed by atoms with Gasteiger partial charge in [-0.2, -0.15) is 0 Å². The van der Waals surface area contributed by atoms with Crippen LogP contribution in [0.5, 0.6) is 0 Å². The van der Waals surface area contributed by atoms with Crippen LogP contribution in [-0.2, 0) is 4.79 Å². The van der Waals surface area contributed by atoms with Crippen molar-refractivity contribution < 1.29 is 25.2 Å². The lowest BCUT2D eigenvalue weighted by molar-refractivity contribution is -0.132. The normalized spacial score (nSPS) is 14.0. The van der Waals surface area contributed by atoms with Gasteiger partial charge in [0.25, 0.3) is 0 Å². The van der Waals surface area contributed by atoms with Crippen LogP contribution in [0.25, 0.3) is 0 Å². The van der Waals surface area contributed by atoms with Gasteiger partial charge in [0.05, 0.1) is 18.8 Å². The highest BCUT2D eigenvalue weighted by molar-refractivity contribution is 5.80. The van der Waals surface area contributed by atoms with Crippen LogP contribution in [0.15, 0.2) is 12.2 Å².